The molecular formula is C9H12Cl2O4. The number of hydrogen-bond donors (Lipinski definition) is 0. The van der Waals surface area contributed by atoms with Crippen LogP contribution in [-0.2, 0) is 19.1 Å². The largest absolute Gasteiger partial charge is 0.434 e. The number of carbonyl (C=O) groups is 2. The van der Waals surface area contributed by atoms with Crippen molar-refractivity contribution >= 4 is 35.1 Å². The second-order valence-electron chi connectivity index (χ2n) is 2.01. The van der Waals surface area contributed by atoms with Crippen LogP contribution in [0.15, 0.2) is 25.7 Å². The first-order valence-corrected chi connectivity index (χ1v) is 4.78. The van der Waals surface area contributed by atoms with E-state index < -0.39 is 17.3 Å². The van der Waals surface area contributed by atoms with E-state index >= 15 is 0 Å². The molecule has 0 aromatic rings. The Morgan fingerprint density at radius 3 is 1.93 bits per heavy atom. The van der Waals surface area contributed by atoms with Gasteiger partial charge in [-0.05, 0) is 6.92 Å². The first-order chi connectivity index (χ1) is 6.99. The third-order valence-electron chi connectivity index (χ3n) is 0.848. The topological polar surface area (TPSA) is 52.6 Å². The van der Waals surface area contributed by atoms with E-state index in [-0.39, 0.29) is 5.88 Å². The Morgan fingerprint density at radius 1 is 1.33 bits per heavy atom. The van der Waals surface area contributed by atoms with Gasteiger partial charge in [0.2, 0.25) is 0 Å². The molecule has 0 N–H and O–H groups in total. The summed E-state index contributed by atoms with van der Waals surface area (Å²) in [6.07, 6.45) is 2.10. The molecule has 0 aromatic carbocycles. The molecular weight excluding hydrogens is 243 g/mol. The van der Waals surface area contributed by atoms with Gasteiger partial charge in [-0.1, -0.05) is 13.2 Å². The molecule has 1 unspecified atom stereocenters. The molecule has 0 rings (SSSR count). The van der Waals surface area contributed by atoms with Crippen molar-refractivity contribution < 1.29 is 19.1 Å². The molecule has 0 aromatic heterocycles. The van der Waals surface area contributed by atoms with Crippen molar-refractivity contribution in [2.24, 2.45) is 0 Å². The van der Waals surface area contributed by atoms with E-state index in [1.54, 1.807) is 0 Å². The van der Waals surface area contributed by atoms with Crippen LogP contribution in [-0.4, -0.2) is 23.2 Å². The Morgan fingerprint density at radius 2 is 1.80 bits per heavy atom. The summed E-state index contributed by atoms with van der Waals surface area (Å²) in [5, 5.41) is -0.590. The van der Waals surface area contributed by atoms with Gasteiger partial charge in [0.1, 0.15) is 11.3 Å². The summed E-state index contributed by atoms with van der Waals surface area (Å²) in [5.74, 6) is -1.07. The highest BCUT2D eigenvalue weighted by Gasteiger charge is 2.07. The third kappa shape index (κ3) is 13.0. The molecule has 0 heterocycles. The van der Waals surface area contributed by atoms with Crippen molar-refractivity contribution in [1.29, 1.82) is 0 Å². The predicted octanol–water partition coefficient (Wildman–Crippen LogP) is 2.21. The Bertz CT molecular complexity index is 226. The van der Waals surface area contributed by atoms with E-state index in [2.05, 4.69) is 22.6 Å². The van der Waals surface area contributed by atoms with Gasteiger partial charge in [0.05, 0.1) is 12.5 Å². The zero-order valence-electron chi connectivity index (χ0n) is 8.24. The van der Waals surface area contributed by atoms with Gasteiger partial charge >= 0.3 is 11.9 Å². The van der Waals surface area contributed by atoms with E-state index in [9.17, 15) is 9.59 Å². The molecule has 15 heavy (non-hydrogen) atoms. The molecule has 0 aliphatic heterocycles. The first-order valence-electron chi connectivity index (χ1n) is 3.81. The lowest BCUT2D eigenvalue weighted by Crippen LogP contribution is -2.10. The number of hydrogen-bond acceptors (Lipinski definition) is 4. The summed E-state index contributed by atoms with van der Waals surface area (Å²) in [7, 11) is 0. The number of esters is 2. The second-order valence-corrected chi connectivity index (χ2v) is 2.93. The average molecular weight is 255 g/mol. The van der Waals surface area contributed by atoms with Crippen LogP contribution in [0.2, 0.25) is 0 Å². The van der Waals surface area contributed by atoms with Gasteiger partial charge in [-0.3, -0.25) is 9.59 Å². The van der Waals surface area contributed by atoms with Crippen LogP contribution < -0.4 is 0 Å². The minimum Gasteiger partial charge on any atom is -0.434 e. The molecule has 0 radical (unpaired) electrons. The Hall–Kier alpha value is -1.000. The fraction of sp³-hybridized carbons (Fsp3) is 0.333. The SMILES string of the molecule is C=COC(=O)C(C)Cl.C=COC(=O)CCl. The number of rotatable bonds is 4. The van der Waals surface area contributed by atoms with Crippen molar-refractivity contribution in [2.75, 3.05) is 5.88 Å². The highest BCUT2D eigenvalue weighted by atomic mass is 35.5. The van der Waals surface area contributed by atoms with Gasteiger partial charge in [0.25, 0.3) is 0 Å². The summed E-state index contributed by atoms with van der Waals surface area (Å²) in [5.41, 5.74) is 0. The van der Waals surface area contributed by atoms with E-state index in [0.717, 1.165) is 12.5 Å². The molecule has 0 aliphatic carbocycles. The Labute approximate surface area is 98.4 Å². The van der Waals surface area contributed by atoms with Gasteiger partial charge < -0.3 is 9.47 Å². The zero-order valence-corrected chi connectivity index (χ0v) is 9.75. The quantitative estimate of drug-likeness (QED) is 0.439. The van der Waals surface area contributed by atoms with Crippen LogP contribution in [0.25, 0.3) is 0 Å². The van der Waals surface area contributed by atoms with E-state index in [1.807, 2.05) is 0 Å². The maximum atomic E-state index is 10.3. The molecule has 1 atom stereocenters. The van der Waals surface area contributed by atoms with Crippen molar-refractivity contribution in [3.63, 3.8) is 0 Å². The van der Waals surface area contributed by atoms with Crippen LogP contribution in [0.1, 0.15) is 6.92 Å². The van der Waals surface area contributed by atoms with Crippen molar-refractivity contribution in [2.45, 2.75) is 12.3 Å². The normalized spacial score (nSPS) is 10.1. The molecule has 0 spiro atoms. The second kappa shape index (κ2) is 11.1. The van der Waals surface area contributed by atoms with Crippen LogP contribution in [0, 0.1) is 0 Å². The highest BCUT2D eigenvalue weighted by molar-refractivity contribution is 6.29. The number of alkyl halides is 2. The highest BCUT2D eigenvalue weighted by Crippen LogP contribution is 1.95. The molecule has 0 saturated carbocycles. The van der Waals surface area contributed by atoms with E-state index in [1.165, 1.54) is 6.92 Å². The van der Waals surface area contributed by atoms with E-state index in [4.69, 9.17) is 23.2 Å². The smallest absolute Gasteiger partial charge is 0.328 e. The number of carbonyl (C=O) groups excluding carboxylic acids is 2. The summed E-state index contributed by atoms with van der Waals surface area (Å²) in [4.78, 5) is 20.3. The maximum absolute atomic E-state index is 10.3. The molecule has 4 nitrogen and oxygen atoms in total. The van der Waals surface area contributed by atoms with Gasteiger partial charge in [-0.15, -0.1) is 23.2 Å². The lowest BCUT2D eigenvalue weighted by atomic mass is 10.5. The van der Waals surface area contributed by atoms with E-state index in [0.29, 0.717) is 0 Å². The van der Waals surface area contributed by atoms with Crippen LogP contribution in [0.3, 0.4) is 0 Å². The number of halogens is 2. The molecule has 0 amide bonds. The summed E-state index contributed by atoms with van der Waals surface area (Å²) >= 11 is 10.3. The molecule has 86 valence electrons. The third-order valence-corrected chi connectivity index (χ3v) is 1.24. The standard InChI is InChI=1S/C5H7ClO2.C4H5ClO2/c1-3-8-5(7)4(2)6;1-2-7-4(6)3-5/h3-4H,1H2,2H3;2H,1,3H2. The molecule has 0 fully saturated rings. The molecule has 6 heteroatoms. The minimum atomic E-state index is -0.590. The lowest BCUT2D eigenvalue weighted by molar-refractivity contribution is -0.137. The maximum Gasteiger partial charge on any atom is 0.328 e. The fourth-order valence-electron chi connectivity index (χ4n) is 0.300. The predicted molar refractivity (Wildman–Crippen MR) is 58.6 cm³/mol. The van der Waals surface area contributed by atoms with Gasteiger partial charge in [0.15, 0.2) is 0 Å². The average Bonchev–Trinajstić information content (AvgIpc) is 2.19. The Kier molecular flexibility index (Phi) is 12.1. The fourth-order valence-corrected chi connectivity index (χ4v) is 0.415. The first kappa shape index (κ1) is 16.4. The number of ether oxygens (including phenoxy) is 2. The van der Waals surface area contributed by atoms with Crippen molar-refractivity contribution in [1.82, 2.24) is 0 Å². The van der Waals surface area contributed by atoms with Gasteiger partial charge in [-0.25, -0.2) is 0 Å². The van der Waals surface area contributed by atoms with Crippen LogP contribution >= 0.6 is 23.2 Å². The molecule has 0 bridgehead atoms. The molecule has 0 aliphatic rings. The Balaban J connectivity index is 0. The zero-order chi connectivity index (χ0) is 12.3. The molecule has 0 saturated heterocycles. The van der Waals surface area contributed by atoms with Crippen molar-refractivity contribution in [3.05, 3.63) is 25.7 Å². The monoisotopic (exact) mass is 254 g/mol. The van der Waals surface area contributed by atoms with Gasteiger partial charge in [-0.2, -0.15) is 0 Å². The van der Waals surface area contributed by atoms with Gasteiger partial charge in [0, 0.05) is 0 Å². The summed E-state index contributed by atoms with van der Waals surface area (Å²) in [6.45, 7) is 7.86. The lowest BCUT2D eigenvalue weighted by Gasteiger charge is -1.96. The summed E-state index contributed by atoms with van der Waals surface area (Å²) < 4.78 is 8.48. The summed E-state index contributed by atoms with van der Waals surface area (Å²) in [6, 6.07) is 0. The minimum absolute atomic E-state index is 0.119. The van der Waals surface area contributed by atoms with Crippen LogP contribution in [0.5, 0.6) is 0 Å². The van der Waals surface area contributed by atoms with Crippen molar-refractivity contribution in [3.8, 4) is 0 Å². The van der Waals surface area contributed by atoms with Crippen LogP contribution in [0.4, 0.5) is 0 Å².